The van der Waals surface area contributed by atoms with Crippen molar-refractivity contribution in [2.75, 3.05) is 5.73 Å². The molecule has 1 heterocycles. The fraction of sp³-hybridized carbons (Fsp3) is 0. The van der Waals surface area contributed by atoms with Crippen LogP contribution in [0.15, 0.2) is 34.8 Å². The van der Waals surface area contributed by atoms with Crippen LogP contribution in [-0.4, -0.2) is 9.55 Å². The Morgan fingerprint density at radius 3 is 2.65 bits per heavy atom. The van der Waals surface area contributed by atoms with Gasteiger partial charge in [0, 0.05) is 4.47 Å². The first kappa shape index (κ1) is 13.3. The van der Waals surface area contributed by atoms with Crippen molar-refractivity contribution in [1.82, 2.24) is 9.55 Å². The summed E-state index contributed by atoms with van der Waals surface area (Å²) in [6.45, 7) is 0. The fourth-order valence-corrected chi connectivity index (χ4v) is 2.49. The van der Waals surface area contributed by atoms with E-state index in [1.54, 1.807) is 18.2 Å². The molecule has 3 aromatic rings. The maximum Gasteiger partial charge on any atom is 0.206 e. The first-order valence-corrected chi connectivity index (χ1v) is 6.73. The van der Waals surface area contributed by atoms with Crippen molar-refractivity contribution in [3.05, 3.63) is 51.5 Å². The van der Waals surface area contributed by atoms with Crippen LogP contribution in [0.5, 0.6) is 0 Å². The van der Waals surface area contributed by atoms with Crippen LogP contribution in [0.1, 0.15) is 0 Å². The zero-order valence-corrected chi connectivity index (χ0v) is 12.2. The molecule has 0 aliphatic heterocycles. The van der Waals surface area contributed by atoms with Gasteiger partial charge in [0.2, 0.25) is 5.95 Å². The summed E-state index contributed by atoms with van der Waals surface area (Å²) >= 11 is 9.20. The molecule has 0 aliphatic rings. The summed E-state index contributed by atoms with van der Waals surface area (Å²) in [5.74, 6) is -1.87. The highest BCUT2D eigenvalue weighted by molar-refractivity contribution is 9.10. The monoisotopic (exact) mass is 357 g/mol. The third-order valence-corrected chi connectivity index (χ3v) is 4.11. The fourth-order valence-electron chi connectivity index (χ4n) is 2.01. The SMILES string of the molecule is Nc1nc2ccc(F)c(F)c2n1-c1ccc(Cl)c(Br)c1. The second-order valence-electron chi connectivity index (χ2n) is 4.13. The Hall–Kier alpha value is -1.66. The molecule has 3 nitrogen and oxygen atoms in total. The Labute approximate surface area is 126 Å². The van der Waals surface area contributed by atoms with E-state index in [9.17, 15) is 8.78 Å². The van der Waals surface area contributed by atoms with Gasteiger partial charge in [-0.15, -0.1) is 0 Å². The van der Waals surface area contributed by atoms with Crippen molar-refractivity contribution in [2.24, 2.45) is 0 Å². The summed E-state index contributed by atoms with van der Waals surface area (Å²) in [6, 6.07) is 7.33. The lowest BCUT2D eigenvalue weighted by atomic mass is 10.2. The van der Waals surface area contributed by atoms with Crippen LogP contribution in [0.4, 0.5) is 14.7 Å². The van der Waals surface area contributed by atoms with Gasteiger partial charge in [0.1, 0.15) is 5.52 Å². The summed E-state index contributed by atoms with van der Waals surface area (Å²) < 4.78 is 29.4. The van der Waals surface area contributed by atoms with Crippen molar-refractivity contribution in [2.45, 2.75) is 0 Å². The standard InChI is InChI=1S/C13H7BrClF2N3/c14-7-5-6(1-2-8(7)15)20-12-10(19-13(20)18)4-3-9(16)11(12)17/h1-5H,(H2,18,19). The molecule has 0 bridgehead atoms. The van der Waals surface area contributed by atoms with Crippen LogP contribution in [-0.2, 0) is 0 Å². The van der Waals surface area contributed by atoms with E-state index in [0.29, 0.717) is 15.2 Å². The molecule has 0 amide bonds. The van der Waals surface area contributed by atoms with Crippen molar-refractivity contribution in [1.29, 1.82) is 0 Å². The summed E-state index contributed by atoms with van der Waals surface area (Å²) in [7, 11) is 0. The number of fused-ring (bicyclic) bond motifs is 1. The minimum Gasteiger partial charge on any atom is -0.369 e. The van der Waals surface area contributed by atoms with E-state index >= 15 is 0 Å². The molecule has 7 heteroatoms. The highest BCUT2D eigenvalue weighted by Gasteiger charge is 2.17. The van der Waals surface area contributed by atoms with Crippen LogP contribution >= 0.6 is 27.5 Å². The number of halogens is 4. The smallest absolute Gasteiger partial charge is 0.206 e. The largest absolute Gasteiger partial charge is 0.369 e. The number of imidazole rings is 1. The molecule has 0 unspecified atom stereocenters. The van der Waals surface area contributed by atoms with E-state index < -0.39 is 11.6 Å². The summed E-state index contributed by atoms with van der Waals surface area (Å²) in [4.78, 5) is 4.03. The topological polar surface area (TPSA) is 43.8 Å². The zero-order chi connectivity index (χ0) is 14.4. The van der Waals surface area contributed by atoms with Gasteiger partial charge in [0.25, 0.3) is 0 Å². The average Bonchev–Trinajstić information content (AvgIpc) is 2.74. The normalized spacial score (nSPS) is 11.2. The lowest BCUT2D eigenvalue weighted by molar-refractivity contribution is 0.514. The Kier molecular flexibility index (Phi) is 3.14. The van der Waals surface area contributed by atoms with Crippen LogP contribution in [0, 0.1) is 11.6 Å². The molecular weight excluding hydrogens is 352 g/mol. The maximum atomic E-state index is 14.0. The molecule has 0 saturated carbocycles. The Morgan fingerprint density at radius 1 is 1.20 bits per heavy atom. The van der Waals surface area contributed by atoms with Crippen LogP contribution < -0.4 is 5.73 Å². The lowest BCUT2D eigenvalue weighted by Crippen LogP contribution is -2.02. The Morgan fingerprint density at radius 2 is 1.95 bits per heavy atom. The highest BCUT2D eigenvalue weighted by Crippen LogP contribution is 2.30. The first-order chi connectivity index (χ1) is 9.49. The van der Waals surface area contributed by atoms with Gasteiger partial charge in [-0.05, 0) is 46.3 Å². The molecule has 20 heavy (non-hydrogen) atoms. The molecule has 2 N–H and O–H groups in total. The van der Waals surface area contributed by atoms with Crippen molar-refractivity contribution in [3.63, 3.8) is 0 Å². The molecule has 0 fully saturated rings. The molecule has 1 aromatic heterocycles. The zero-order valence-electron chi connectivity index (χ0n) is 9.87. The van der Waals surface area contributed by atoms with Crippen LogP contribution in [0.25, 0.3) is 16.7 Å². The predicted octanol–water partition coefficient (Wildman–Crippen LogP) is 4.30. The summed E-state index contributed by atoms with van der Waals surface area (Å²) in [5.41, 5.74) is 6.62. The van der Waals surface area contributed by atoms with Crippen LogP contribution in [0.2, 0.25) is 5.02 Å². The van der Waals surface area contributed by atoms with Crippen LogP contribution in [0.3, 0.4) is 0 Å². The van der Waals surface area contributed by atoms with E-state index in [-0.39, 0.29) is 17.0 Å². The quantitative estimate of drug-likeness (QED) is 0.705. The van der Waals surface area contributed by atoms with E-state index in [0.717, 1.165) is 6.07 Å². The van der Waals surface area contributed by atoms with Crippen molar-refractivity contribution in [3.8, 4) is 5.69 Å². The third-order valence-electron chi connectivity index (χ3n) is 2.90. The number of nitrogens with two attached hydrogens (primary N) is 1. The van der Waals surface area contributed by atoms with Gasteiger partial charge in [-0.2, -0.15) is 0 Å². The molecular formula is C13H7BrClF2N3. The highest BCUT2D eigenvalue weighted by atomic mass is 79.9. The molecule has 2 aromatic carbocycles. The molecule has 0 radical (unpaired) electrons. The number of benzene rings is 2. The number of nitrogen functional groups attached to an aromatic ring is 1. The third kappa shape index (κ3) is 1.96. The van der Waals surface area contributed by atoms with Crippen molar-refractivity contribution < 1.29 is 8.78 Å². The van der Waals surface area contributed by atoms with Crippen molar-refractivity contribution >= 4 is 44.5 Å². The number of anilines is 1. The minimum atomic E-state index is -0.988. The molecule has 0 aliphatic carbocycles. The minimum absolute atomic E-state index is 0.00303. The summed E-state index contributed by atoms with van der Waals surface area (Å²) in [5, 5.41) is 0.503. The predicted molar refractivity (Wildman–Crippen MR) is 78.1 cm³/mol. The van der Waals surface area contributed by atoms with Gasteiger partial charge >= 0.3 is 0 Å². The first-order valence-electron chi connectivity index (χ1n) is 5.56. The van der Waals surface area contributed by atoms with E-state index in [1.165, 1.54) is 10.6 Å². The Balaban J connectivity index is 2.38. The van der Waals surface area contributed by atoms with Gasteiger partial charge < -0.3 is 5.73 Å². The number of rotatable bonds is 1. The van der Waals surface area contributed by atoms with E-state index in [2.05, 4.69) is 20.9 Å². The van der Waals surface area contributed by atoms with Gasteiger partial charge in [-0.3, -0.25) is 4.57 Å². The number of nitrogens with zero attached hydrogens (tertiary/aromatic N) is 2. The molecule has 0 saturated heterocycles. The second-order valence-corrected chi connectivity index (χ2v) is 5.39. The Bertz CT molecular complexity index is 832. The van der Waals surface area contributed by atoms with Gasteiger partial charge in [-0.1, -0.05) is 11.6 Å². The average molecular weight is 359 g/mol. The second kappa shape index (κ2) is 4.71. The van der Waals surface area contributed by atoms with E-state index in [4.69, 9.17) is 17.3 Å². The molecule has 0 atom stereocenters. The molecule has 3 rings (SSSR count). The lowest BCUT2D eigenvalue weighted by Gasteiger charge is -2.08. The number of aromatic nitrogens is 2. The maximum absolute atomic E-state index is 14.0. The molecule has 102 valence electrons. The number of hydrogen-bond donors (Lipinski definition) is 1. The van der Waals surface area contributed by atoms with Gasteiger partial charge in [0.15, 0.2) is 11.6 Å². The van der Waals surface area contributed by atoms with E-state index in [1.807, 2.05) is 0 Å². The number of hydrogen-bond acceptors (Lipinski definition) is 2. The van der Waals surface area contributed by atoms with Gasteiger partial charge in [0.05, 0.1) is 16.2 Å². The summed E-state index contributed by atoms with van der Waals surface area (Å²) in [6.07, 6.45) is 0. The van der Waals surface area contributed by atoms with Gasteiger partial charge in [-0.25, -0.2) is 13.8 Å². The molecule has 0 spiro atoms.